The lowest BCUT2D eigenvalue weighted by Crippen LogP contribution is -2.46. The number of nitrogens with zero attached hydrogens (tertiary/aromatic N) is 1. The molecule has 132 valence electrons. The first-order chi connectivity index (χ1) is 12.0. The van der Waals surface area contributed by atoms with Crippen LogP contribution in [0.2, 0.25) is 0 Å². The molecule has 7 nitrogen and oxygen atoms in total. The zero-order valence-electron chi connectivity index (χ0n) is 14.2. The molecule has 1 atom stereocenters. The zero-order chi connectivity index (χ0) is 18.2. The van der Waals surface area contributed by atoms with Gasteiger partial charge in [0.15, 0.2) is 5.75 Å². The van der Waals surface area contributed by atoms with Gasteiger partial charge in [-0.25, -0.2) is 0 Å². The normalized spacial score (nSPS) is 11.7. The maximum absolute atomic E-state index is 12.1. The summed E-state index contributed by atoms with van der Waals surface area (Å²) < 4.78 is 5.74. The summed E-state index contributed by atoms with van der Waals surface area (Å²) in [5, 5.41) is 5.19. The number of para-hydroxylation sites is 1. The van der Waals surface area contributed by atoms with Crippen molar-refractivity contribution in [2.75, 3.05) is 11.9 Å². The first-order valence-electron chi connectivity index (χ1n) is 7.97. The molecule has 1 aromatic heterocycles. The third-order valence-electron chi connectivity index (χ3n) is 3.47. The fourth-order valence-electron chi connectivity index (χ4n) is 1.96. The van der Waals surface area contributed by atoms with Crippen molar-refractivity contribution >= 4 is 17.5 Å². The molecular weight excluding hydrogens is 320 g/mol. The van der Waals surface area contributed by atoms with E-state index >= 15 is 0 Å². The number of hydrogen-bond donors (Lipinski definition) is 3. The summed E-state index contributed by atoms with van der Waals surface area (Å²) in [6.07, 6.45) is 3.05. The summed E-state index contributed by atoms with van der Waals surface area (Å²) in [4.78, 5) is 27.8. The second-order valence-corrected chi connectivity index (χ2v) is 5.82. The summed E-state index contributed by atoms with van der Waals surface area (Å²) in [7, 11) is 0. The molecule has 0 aliphatic heterocycles. The van der Waals surface area contributed by atoms with Crippen LogP contribution in [0.15, 0.2) is 48.8 Å². The number of amides is 2. The topological polar surface area (TPSA) is 106 Å². The molecule has 0 fully saturated rings. The van der Waals surface area contributed by atoms with Crippen molar-refractivity contribution in [3.05, 3.63) is 48.8 Å². The standard InChI is InChI=1S/C18H22N4O3/c1-12(2)17(19)18(24)21-11-16(23)22-14-10-20-9-8-15(14)25-13-6-4-3-5-7-13/h3-10,12,17H,11,19H2,1-2H3,(H,21,24)(H,22,23)/t17-/m0/s1. The number of aromatic nitrogens is 1. The number of nitrogens with one attached hydrogen (secondary N) is 2. The van der Waals surface area contributed by atoms with Gasteiger partial charge in [0.05, 0.1) is 18.8 Å². The summed E-state index contributed by atoms with van der Waals surface area (Å²) in [6.45, 7) is 3.50. The molecule has 0 aliphatic carbocycles. The highest BCUT2D eigenvalue weighted by molar-refractivity contribution is 5.96. The smallest absolute Gasteiger partial charge is 0.243 e. The Kier molecular flexibility index (Phi) is 6.47. The fraction of sp³-hybridized carbons (Fsp3) is 0.278. The van der Waals surface area contributed by atoms with Crippen LogP contribution >= 0.6 is 0 Å². The van der Waals surface area contributed by atoms with Crippen LogP contribution in [0.25, 0.3) is 0 Å². The third-order valence-corrected chi connectivity index (χ3v) is 3.47. The molecule has 0 aliphatic rings. The average Bonchev–Trinajstić information content (AvgIpc) is 2.61. The van der Waals surface area contributed by atoms with Gasteiger partial charge in [0, 0.05) is 12.3 Å². The van der Waals surface area contributed by atoms with Gasteiger partial charge in [-0.05, 0) is 18.1 Å². The molecule has 25 heavy (non-hydrogen) atoms. The molecule has 0 spiro atoms. The van der Waals surface area contributed by atoms with E-state index in [4.69, 9.17) is 10.5 Å². The van der Waals surface area contributed by atoms with Crippen LogP contribution in [0.3, 0.4) is 0 Å². The first kappa shape index (κ1) is 18.4. The maximum Gasteiger partial charge on any atom is 0.243 e. The predicted molar refractivity (Wildman–Crippen MR) is 95.2 cm³/mol. The Morgan fingerprint density at radius 3 is 2.60 bits per heavy atom. The monoisotopic (exact) mass is 342 g/mol. The van der Waals surface area contributed by atoms with Gasteiger partial charge in [-0.2, -0.15) is 0 Å². The van der Waals surface area contributed by atoms with Crippen LogP contribution in [0.1, 0.15) is 13.8 Å². The number of ether oxygens (including phenoxy) is 1. The van der Waals surface area contributed by atoms with Crippen LogP contribution < -0.4 is 21.1 Å². The average molecular weight is 342 g/mol. The number of anilines is 1. The lowest BCUT2D eigenvalue weighted by atomic mass is 10.1. The van der Waals surface area contributed by atoms with Crippen LogP contribution in [-0.2, 0) is 9.59 Å². The fourth-order valence-corrected chi connectivity index (χ4v) is 1.96. The van der Waals surface area contributed by atoms with E-state index in [9.17, 15) is 9.59 Å². The number of carbonyl (C=O) groups is 2. The van der Waals surface area contributed by atoms with Gasteiger partial charge in [0.25, 0.3) is 0 Å². The van der Waals surface area contributed by atoms with Crippen LogP contribution in [0, 0.1) is 5.92 Å². The summed E-state index contributed by atoms with van der Waals surface area (Å²) in [5.41, 5.74) is 6.15. The third kappa shape index (κ3) is 5.58. The molecule has 1 heterocycles. The first-order valence-corrected chi connectivity index (χ1v) is 7.97. The van der Waals surface area contributed by atoms with Crippen molar-refractivity contribution in [2.24, 2.45) is 11.7 Å². The lowest BCUT2D eigenvalue weighted by Gasteiger charge is -2.15. The highest BCUT2D eigenvalue weighted by Gasteiger charge is 2.18. The van der Waals surface area contributed by atoms with Gasteiger partial charge >= 0.3 is 0 Å². The number of pyridine rings is 1. The van der Waals surface area contributed by atoms with Crippen LogP contribution in [0.4, 0.5) is 5.69 Å². The van der Waals surface area contributed by atoms with E-state index in [2.05, 4.69) is 15.6 Å². The number of benzene rings is 1. The quantitative estimate of drug-likeness (QED) is 0.713. The Hall–Kier alpha value is -2.93. The molecule has 2 aromatic rings. The summed E-state index contributed by atoms with van der Waals surface area (Å²) in [5.74, 6) is 0.333. The SMILES string of the molecule is CC(C)[C@H](N)C(=O)NCC(=O)Nc1cnccc1Oc1ccccc1. The minimum Gasteiger partial charge on any atom is -0.455 e. The van der Waals surface area contributed by atoms with E-state index in [1.807, 2.05) is 32.0 Å². The van der Waals surface area contributed by atoms with Gasteiger partial charge < -0.3 is 21.1 Å². The highest BCUT2D eigenvalue weighted by Crippen LogP contribution is 2.28. The molecule has 4 N–H and O–H groups in total. The molecule has 7 heteroatoms. The van der Waals surface area contributed by atoms with Crippen molar-refractivity contribution in [3.8, 4) is 11.5 Å². The second kappa shape index (κ2) is 8.79. The van der Waals surface area contributed by atoms with E-state index in [0.29, 0.717) is 17.2 Å². The van der Waals surface area contributed by atoms with Gasteiger partial charge in [-0.1, -0.05) is 32.0 Å². The highest BCUT2D eigenvalue weighted by atomic mass is 16.5. The van der Waals surface area contributed by atoms with Crippen molar-refractivity contribution in [3.63, 3.8) is 0 Å². The van der Waals surface area contributed by atoms with Crippen LogP contribution in [-0.4, -0.2) is 29.4 Å². The van der Waals surface area contributed by atoms with Gasteiger partial charge in [0.1, 0.15) is 11.4 Å². The molecule has 0 unspecified atom stereocenters. The van der Waals surface area contributed by atoms with E-state index in [1.165, 1.54) is 6.20 Å². The largest absolute Gasteiger partial charge is 0.455 e. The van der Waals surface area contributed by atoms with Crippen molar-refractivity contribution in [1.29, 1.82) is 0 Å². The van der Waals surface area contributed by atoms with E-state index in [0.717, 1.165) is 0 Å². The molecule has 2 rings (SSSR count). The van der Waals surface area contributed by atoms with E-state index in [1.54, 1.807) is 24.4 Å². The van der Waals surface area contributed by atoms with E-state index in [-0.39, 0.29) is 18.4 Å². The Morgan fingerprint density at radius 2 is 1.92 bits per heavy atom. The van der Waals surface area contributed by atoms with Crippen LogP contribution in [0.5, 0.6) is 11.5 Å². The number of carbonyl (C=O) groups excluding carboxylic acids is 2. The number of nitrogens with two attached hydrogens (primary N) is 1. The lowest BCUT2D eigenvalue weighted by molar-refractivity contribution is -0.125. The summed E-state index contributed by atoms with van der Waals surface area (Å²) >= 11 is 0. The molecule has 2 amide bonds. The Bertz CT molecular complexity index is 719. The Balaban J connectivity index is 1.96. The second-order valence-electron chi connectivity index (χ2n) is 5.82. The predicted octanol–water partition coefficient (Wildman–Crippen LogP) is 1.91. The zero-order valence-corrected chi connectivity index (χ0v) is 14.2. The van der Waals surface area contributed by atoms with E-state index < -0.39 is 11.9 Å². The molecular formula is C18H22N4O3. The van der Waals surface area contributed by atoms with Crippen molar-refractivity contribution < 1.29 is 14.3 Å². The molecule has 0 bridgehead atoms. The number of rotatable bonds is 7. The molecule has 0 radical (unpaired) electrons. The maximum atomic E-state index is 12.1. The Morgan fingerprint density at radius 1 is 1.20 bits per heavy atom. The molecule has 0 saturated carbocycles. The summed E-state index contributed by atoms with van der Waals surface area (Å²) in [6, 6.07) is 10.2. The van der Waals surface area contributed by atoms with Crippen molar-refractivity contribution in [1.82, 2.24) is 10.3 Å². The minimum atomic E-state index is -0.650. The Labute approximate surface area is 146 Å². The number of hydrogen-bond acceptors (Lipinski definition) is 5. The van der Waals surface area contributed by atoms with Crippen molar-refractivity contribution in [2.45, 2.75) is 19.9 Å². The minimum absolute atomic E-state index is 0.00717. The molecule has 0 saturated heterocycles. The van der Waals surface area contributed by atoms with Gasteiger partial charge in [0.2, 0.25) is 11.8 Å². The van der Waals surface area contributed by atoms with Gasteiger partial charge in [-0.3, -0.25) is 14.6 Å². The molecule has 1 aromatic carbocycles. The van der Waals surface area contributed by atoms with Gasteiger partial charge in [-0.15, -0.1) is 0 Å².